The number of nitrogens with one attached hydrogen (secondary N) is 1. The molecule has 2 aromatic rings. The van der Waals surface area contributed by atoms with Gasteiger partial charge in [0.1, 0.15) is 0 Å². The van der Waals surface area contributed by atoms with Crippen LogP contribution in [0.25, 0.3) is 10.6 Å². The van der Waals surface area contributed by atoms with E-state index in [1.54, 1.807) is 17.5 Å². The van der Waals surface area contributed by atoms with Crippen LogP contribution >= 0.6 is 22.9 Å². The van der Waals surface area contributed by atoms with Crippen LogP contribution < -0.4 is 5.32 Å². The summed E-state index contributed by atoms with van der Waals surface area (Å²) in [4.78, 5) is 5.24. The molecule has 2 aromatic heterocycles. The van der Waals surface area contributed by atoms with E-state index >= 15 is 0 Å². The van der Waals surface area contributed by atoms with E-state index < -0.39 is 0 Å². The summed E-state index contributed by atoms with van der Waals surface area (Å²) >= 11 is 7.63. The number of hydrogen-bond donors (Lipinski definition) is 1. The van der Waals surface area contributed by atoms with Crippen molar-refractivity contribution in [2.75, 3.05) is 13.1 Å². The Morgan fingerprint density at radius 2 is 2.33 bits per heavy atom. The summed E-state index contributed by atoms with van der Waals surface area (Å²) < 4.78 is 5.70. The lowest BCUT2D eigenvalue weighted by molar-refractivity contribution is 0.492. The van der Waals surface area contributed by atoms with E-state index in [0.29, 0.717) is 0 Å². The zero-order chi connectivity index (χ0) is 12.8. The van der Waals surface area contributed by atoms with Crippen LogP contribution in [0, 0.1) is 0 Å². The molecule has 0 unspecified atom stereocenters. The molecule has 0 aromatic carbocycles. The highest BCUT2D eigenvalue weighted by Crippen LogP contribution is 2.33. The van der Waals surface area contributed by atoms with Gasteiger partial charge in [0.15, 0.2) is 11.7 Å². The first-order valence-electron chi connectivity index (χ1n) is 6.20. The molecule has 0 fully saturated rings. The van der Waals surface area contributed by atoms with Gasteiger partial charge in [-0.05, 0) is 37.4 Å². The Kier molecular flexibility index (Phi) is 5.23. The van der Waals surface area contributed by atoms with Crippen molar-refractivity contribution in [3.05, 3.63) is 28.6 Å². The Hall–Kier alpha value is -0.840. The molecule has 98 valence electrons. The Balaban J connectivity index is 1.85. The maximum Gasteiger partial charge on any atom is 0.194 e. The lowest BCUT2D eigenvalue weighted by Gasteiger charge is -2.00. The van der Waals surface area contributed by atoms with Crippen molar-refractivity contribution in [1.29, 1.82) is 0 Å². The number of hydrogen-bond acceptors (Lipinski definition) is 4. The minimum Gasteiger partial charge on any atom is -0.440 e. The Morgan fingerprint density at radius 1 is 1.44 bits per heavy atom. The lowest BCUT2D eigenvalue weighted by atomic mass is 10.3. The topological polar surface area (TPSA) is 38.1 Å². The SMILES string of the molecule is CCCNCCCc1ncc(-c2sccc2Cl)o1. The lowest BCUT2D eigenvalue weighted by Crippen LogP contribution is -2.16. The summed E-state index contributed by atoms with van der Waals surface area (Å²) in [6, 6.07) is 1.87. The normalized spacial score (nSPS) is 11.0. The molecule has 2 rings (SSSR count). The zero-order valence-corrected chi connectivity index (χ0v) is 12.0. The summed E-state index contributed by atoms with van der Waals surface area (Å²) in [6.45, 7) is 4.24. The van der Waals surface area contributed by atoms with E-state index in [9.17, 15) is 0 Å². The molecule has 0 aliphatic carbocycles. The number of nitrogens with zero attached hydrogens (tertiary/aromatic N) is 1. The van der Waals surface area contributed by atoms with Gasteiger partial charge in [0.2, 0.25) is 0 Å². The minimum atomic E-state index is 0.729. The van der Waals surface area contributed by atoms with E-state index in [4.69, 9.17) is 16.0 Å². The third kappa shape index (κ3) is 3.57. The quantitative estimate of drug-likeness (QED) is 0.781. The Bertz CT molecular complexity index is 481. The third-order valence-electron chi connectivity index (χ3n) is 2.57. The average molecular weight is 285 g/mol. The number of oxazole rings is 1. The molecule has 1 N–H and O–H groups in total. The van der Waals surface area contributed by atoms with Crippen molar-refractivity contribution in [3.63, 3.8) is 0 Å². The number of aryl methyl sites for hydroxylation is 1. The highest BCUT2D eigenvalue weighted by atomic mass is 35.5. The molecule has 0 spiro atoms. The summed E-state index contributed by atoms with van der Waals surface area (Å²) in [5, 5.41) is 6.04. The molecule has 0 aliphatic heterocycles. The first-order chi connectivity index (χ1) is 8.81. The number of aromatic nitrogens is 1. The molecule has 0 radical (unpaired) electrons. The van der Waals surface area contributed by atoms with Gasteiger partial charge in [0, 0.05) is 6.42 Å². The van der Waals surface area contributed by atoms with Crippen molar-refractivity contribution < 1.29 is 4.42 Å². The van der Waals surface area contributed by atoms with Crippen molar-refractivity contribution in [2.24, 2.45) is 0 Å². The van der Waals surface area contributed by atoms with Crippen molar-refractivity contribution in [2.45, 2.75) is 26.2 Å². The molecular weight excluding hydrogens is 268 g/mol. The van der Waals surface area contributed by atoms with Crippen LogP contribution in [0.2, 0.25) is 5.02 Å². The second-order valence-electron chi connectivity index (χ2n) is 4.07. The van der Waals surface area contributed by atoms with Gasteiger partial charge in [-0.3, -0.25) is 0 Å². The van der Waals surface area contributed by atoms with E-state index in [1.807, 2.05) is 11.4 Å². The highest BCUT2D eigenvalue weighted by molar-refractivity contribution is 7.14. The van der Waals surface area contributed by atoms with Gasteiger partial charge in [-0.15, -0.1) is 11.3 Å². The maximum absolute atomic E-state index is 6.06. The summed E-state index contributed by atoms with van der Waals surface area (Å²) in [5.74, 6) is 1.55. The van der Waals surface area contributed by atoms with Crippen LogP contribution in [0.3, 0.4) is 0 Å². The molecule has 0 saturated heterocycles. The molecule has 0 aliphatic rings. The fourth-order valence-electron chi connectivity index (χ4n) is 1.67. The fraction of sp³-hybridized carbons (Fsp3) is 0.462. The van der Waals surface area contributed by atoms with Gasteiger partial charge in [-0.25, -0.2) is 4.98 Å². The van der Waals surface area contributed by atoms with Gasteiger partial charge in [-0.2, -0.15) is 0 Å². The van der Waals surface area contributed by atoms with E-state index in [2.05, 4.69) is 17.2 Å². The number of halogens is 1. The predicted octanol–water partition coefficient (Wildman–Crippen LogP) is 3.99. The summed E-state index contributed by atoms with van der Waals surface area (Å²) in [7, 11) is 0. The van der Waals surface area contributed by atoms with Crippen LogP contribution in [0.5, 0.6) is 0 Å². The Morgan fingerprint density at radius 3 is 3.06 bits per heavy atom. The molecule has 18 heavy (non-hydrogen) atoms. The van der Waals surface area contributed by atoms with Crippen LogP contribution in [0.1, 0.15) is 25.7 Å². The van der Waals surface area contributed by atoms with E-state index in [0.717, 1.165) is 47.5 Å². The molecule has 0 amide bonds. The van der Waals surface area contributed by atoms with Gasteiger partial charge in [0.25, 0.3) is 0 Å². The first kappa shape index (κ1) is 13.6. The van der Waals surface area contributed by atoms with Gasteiger partial charge < -0.3 is 9.73 Å². The highest BCUT2D eigenvalue weighted by Gasteiger charge is 2.10. The first-order valence-corrected chi connectivity index (χ1v) is 7.45. The molecule has 0 bridgehead atoms. The third-order valence-corrected chi connectivity index (χ3v) is 3.92. The van der Waals surface area contributed by atoms with Crippen molar-refractivity contribution in [3.8, 4) is 10.6 Å². The molecule has 2 heterocycles. The van der Waals surface area contributed by atoms with Crippen LogP contribution in [-0.2, 0) is 6.42 Å². The smallest absolute Gasteiger partial charge is 0.194 e. The second kappa shape index (κ2) is 6.92. The van der Waals surface area contributed by atoms with Crippen molar-refractivity contribution >= 4 is 22.9 Å². The minimum absolute atomic E-state index is 0.729. The second-order valence-corrected chi connectivity index (χ2v) is 5.39. The van der Waals surface area contributed by atoms with Gasteiger partial charge >= 0.3 is 0 Å². The standard InChI is InChI=1S/C13H17ClN2OS/c1-2-6-15-7-3-4-12-16-9-11(17-12)13-10(14)5-8-18-13/h5,8-9,15H,2-4,6-7H2,1H3. The number of rotatable bonds is 7. The monoisotopic (exact) mass is 284 g/mol. The predicted molar refractivity (Wildman–Crippen MR) is 76.3 cm³/mol. The summed E-state index contributed by atoms with van der Waals surface area (Å²) in [5.41, 5.74) is 0. The zero-order valence-electron chi connectivity index (χ0n) is 10.4. The molecule has 5 heteroatoms. The number of thiophene rings is 1. The largest absolute Gasteiger partial charge is 0.440 e. The Labute approximate surface area is 116 Å². The maximum atomic E-state index is 6.06. The molecule has 3 nitrogen and oxygen atoms in total. The molecule has 0 saturated carbocycles. The molecule has 0 atom stereocenters. The summed E-state index contributed by atoms with van der Waals surface area (Å²) in [6.07, 6.45) is 4.82. The van der Waals surface area contributed by atoms with Crippen LogP contribution in [0.4, 0.5) is 0 Å². The van der Waals surface area contributed by atoms with Crippen LogP contribution in [0.15, 0.2) is 22.1 Å². The van der Waals surface area contributed by atoms with Crippen LogP contribution in [-0.4, -0.2) is 18.1 Å². The van der Waals surface area contributed by atoms with Crippen molar-refractivity contribution in [1.82, 2.24) is 10.3 Å². The van der Waals surface area contributed by atoms with Gasteiger partial charge in [0.05, 0.1) is 16.1 Å². The van der Waals surface area contributed by atoms with E-state index in [-0.39, 0.29) is 0 Å². The van der Waals surface area contributed by atoms with Gasteiger partial charge in [-0.1, -0.05) is 18.5 Å². The molecular formula is C13H17ClN2OS. The average Bonchev–Trinajstić information content (AvgIpc) is 2.97. The van der Waals surface area contributed by atoms with E-state index in [1.165, 1.54) is 6.42 Å². The fourth-order valence-corrected chi connectivity index (χ4v) is 2.76.